The lowest BCUT2D eigenvalue weighted by Gasteiger charge is -2.08. The average Bonchev–Trinajstić information content (AvgIpc) is 2.33. The molecule has 2 nitrogen and oxygen atoms in total. The van der Waals surface area contributed by atoms with Gasteiger partial charge >= 0.3 is 0 Å². The van der Waals surface area contributed by atoms with Crippen molar-refractivity contribution in [2.24, 2.45) is 0 Å². The summed E-state index contributed by atoms with van der Waals surface area (Å²) >= 11 is 3.34. The summed E-state index contributed by atoms with van der Waals surface area (Å²) in [5.41, 5.74) is 1.02. The molecule has 18 heavy (non-hydrogen) atoms. The third-order valence-corrected chi connectivity index (χ3v) is 3.39. The summed E-state index contributed by atoms with van der Waals surface area (Å²) in [7, 11) is 0. The van der Waals surface area contributed by atoms with Gasteiger partial charge in [-0.25, -0.2) is 13.8 Å². The Hall–Kier alpha value is -1.49. The molecule has 0 spiro atoms. The van der Waals surface area contributed by atoms with Crippen molar-refractivity contribution in [3.8, 4) is 0 Å². The van der Waals surface area contributed by atoms with Gasteiger partial charge in [-0.15, -0.1) is 0 Å². The van der Waals surface area contributed by atoms with E-state index in [1.165, 1.54) is 18.2 Å². The third-order valence-electron chi connectivity index (χ3n) is 2.55. The molecule has 0 amide bonds. The van der Waals surface area contributed by atoms with Gasteiger partial charge in [-0.3, -0.25) is 0 Å². The molecule has 1 N–H and O–H groups in total. The van der Waals surface area contributed by atoms with E-state index in [4.69, 9.17) is 0 Å². The first-order valence-electron chi connectivity index (χ1n) is 5.37. The highest BCUT2D eigenvalue weighted by Gasteiger charge is 2.08. The van der Waals surface area contributed by atoms with Crippen LogP contribution in [0.1, 0.15) is 11.1 Å². The molecule has 1 aromatic heterocycles. The van der Waals surface area contributed by atoms with Crippen molar-refractivity contribution < 1.29 is 8.78 Å². The van der Waals surface area contributed by atoms with Crippen molar-refractivity contribution in [1.29, 1.82) is 0 Å². The van der Waals surface area contributed by atoms with Crippen LogP contribution in [0.15, 0.2) is 34.9 Å². The molecular formula is C13H11BrF2N2. The van der Waals surface area contributed by atoms with E-state index in [0.717, 1.165) is 10.0 Å². The second kappa shape index (κ2) is 5.44. The SMILES string of the molecule is Cc1cc(NCc2c(F)cccc2F)ncc1Br. The average molecular weight is 313 g/mol. The second-order valence-corrected chi connectivity index (χ2v) is 4.73. The monoisotopic (exact) mass is 312 g/mol. The first kappa shape index (κ1) is 13.0. The minimum atomic E-state index is -0.559. The smallest absolute Gasteiger partial charge is 0.131 e. The fraction of sp³-hybridized carbons (Fsp3) is 0.154. The number of aromatic nitrogens is 1. The van der Waals surface area contributed by atoms with Crippen LogP contribution >= 0.6 is 15.9 Å². The van der Waals surface area contributed by atoms with Crippen molar-refractivity contribution in [3.05, 3.63) is 57.7 Å². The highest BCUT2D eigenvalue weighted by atomic mass is 79.9. The molecule has 5 heteroatoms. The van der Waals surface area contributed by atoms with Crippen LogP contribution in [-0.4, -0.2) is 4.98 Å². The standard InChI is InChI=1S/C13H11BrF2N2/c1-8-5-13(18-7-10(8)14)17-6-9-11(15)3-2-4-12(9)16/h2-5,7H,6H2,1H3,(H,17,18). The number of aryl methyl sites for hydroxylation is 1. The Morgan fingerprint density at radius 2 is 1.94 bits per heavy atom. The zero-order valence-corrected chi connectivity index (χ0v) is 11.3. The molecule has 0 saturated heterocycles. The lowest BCUT2D eigenvalue weighted by atomic mass is 10.2. The number of rotatable bonds is 3. The first-order valence-corrected chi connectivity index (χ1v) is 6.16. The zero-order valence-electron chi connectivity index (χ0n) is 9.67. The number of anilines is 1. The van der Waals surface area contributed by atoms with Crippen LogP contribution in [0.5, 0.6) is 0 Å². The fourth-order valence-corrected chi connectivity index (χ4v) is 1.73. The van der Waals surface area contributed by atoms with Crippen molar-refractivity contribution in [2.45, 2.75) is 13.5 Å². The number of nitrogens with one attached hydrogen (secondary N) is 1. The molecule has 1 aromatic carbocycles. The summed E-state index contributed by atoms with van der Waals surface area (Å²) < 4.78 is 27.7. The molecule has 0 unspecified atom stereocenters. The van der Waals surface area contributed by atoms with Gasteiger partial charge < -0.3 is 5.32 Å². The highest BCUT2D eigenvalue weighted by Crippen LogP contribution is 2.18. The summed E-state index contributed by atoms with van der Waals surface area (Å²) in [5, 5.41) is 2.90. The van der Waals surface area contributed by atoms with Crippen LogP contribution in [0.3, 0.4) is 0 Å². The minimum absolute atomic E-state index is 0.0138. The molecule has 2 rings (SSSR count). The molecule has 0 saturated carbocycles. The Morgan fingerprint density at radius 1 is 1.28 bits per heavy atom. The summed E-state index contributed by atoms with van der Waals surface area (Å²) in [6, 6.07) is 5.62. The Morgan fingerprint density at radius 3 is 2.56 bits per heavy atom. The third kappa shape index (κ3) is 2.85. The number of nitrogens with zero attached hydrogens (tertiary/aromatic N) is 1. The molecule has 0 atom stereocenters. The largest absolute Gasteiger partial charge is 0.366 e. The van der Waals surface area contributed by atoms with E-state index in [0.29, 0.717) is 5.82 Å². The molecule has 0 bridgehead atoms. The van der Waals surface area contributed by atoms with Crippen LogP contribution in [0.25, 0.3) is 0 Å². The predicted molar refractivity (Wildman–Crippen MR) is 70.4 cm³/mol. The molecule has 2 aromatic rings. The maximum Gasteiger partial charge on any atom is 0.131 e. The van der Waals surface area contributed by atoms with E-state index >= 15 is 0 Å². The lowest BCUT2D eigenvalue weighted by molar-refractivity contribution is 0.560. The number of benzene rings is 1. The van der Waals surface area contributed by atoms with E-state index in [1.54, 1.807) is 6.20 Å². The molecule has 0 radical (unpaired) electrons. The van der Waals surface area contributed by atoms with E-state index in [9.17, 15) is 8.78 Å². The lowest BCUT2D eigenvalue weighted by Crippen LogP contribution is -2.05. The van der Waals surface area contributed by atoms with Gasteiger partial charge in [-0.1, -0.05) is 6.07 Å². The maximum absolute atomic E-state index is 13.4. The van der Waals surface area contributed by atoms with Gasteiger partial charge in [0.15, 0.2) is 0 Å². The van der Waals surface area contributed by atoms with E-state index in [2.05, 4.69) is 26.2 Å². The van der Waals surface area contributed by atoms with Crippen molar-refractivity contribution in [3.63, 3.8) is 0 Å². The van der Waals surface area contributed by atoms with Crippen LogP contribution in [0.2, 0.25) is 0 Å². The van der Waals surface area contributed by atoms with Crippen molar-refractivity contribution in [2.75, 3.05) is 5.32 Å². The van der Waals surface area contributed by atoms with E-state index in [-0.39, 0.29) is 12.1 Å². The van der Waals surface area contributed by atoms with E-state index < -0.39 is 11.6 Å². The number of pyridine rings is 1. The number of halogens is 3. The van der Waals surface area contributed by atoms with Gasteiger partial charge in [0.1, 0.15) is 17.5 Å². The van der Waals surface area contributed by atoms with Gasteiger partial charge in [-0.05, 0) is 46.6 Å². The molecule has 0 aliphatic rings. The molecule has 0 fully saturated rings. The fourth-order valence-electron chi connectivity index (χ4n) is 1.52. The predicted octanol–water partition coefficient (Wildman–Crippen LogP) is 4.04. The molecule has 1 heterocycles. The summed E-state index contributed by atoms with van der Waals surface area (Å²) in [4.78, 5) is 4.11. The maximum atomic E-state index is 13.4. The van der Waals surface area contributed by atoms with Gasteiger partial charge in [0.25, 0.3) is 0 Å². The Balaban J connectivity index is 2.14. The van der Waals surface area contributed by atoms with Crippen LogP contribution in [0.4, 0.5) is 14.6 Å². The first-order chi connectivity index (χ1) is 8.58. The van der Waals surface area contributed by atoms with Gasteiger partial charge in [-0.2, -0.15) is 0 Å². The highest BCUT2D eigenvalue weighted by molar-refractivity contribution is 9.10. The summed E-state index contributed by atoms with van der Waals surface area (Å²) in [5.74, 6) is -0.536. The minimum Gasteiger partial charge on any atom is -0.366 e. The number of hydrogen-bond donors (Lipinski definition) is 1. The quantitative estimate of drug-likeness (QED) is 0.925. The normalized spacial score (nSPS) is 10.4. The van der Waals surface area contributed by atoms with Crippen LogP contribution < -0.4 is 5.32 Å². The van der Waals surface area contributed by atoms with Gasteiger partial charge in [0, 0.05) is 22.8 Å². The summed E-state index contributed by atoms with van der Waals surface area (Å²) in [6.07, 6.45) is 1.65. The van der Waals surface area contributed by atoms with Crippen LogP contribution in [-0.2, 0) is 6.54 Å². The second-order valence-electron chi connectivity index (χ2n) is 3.87. The Bertz CT molecular complexity index is 553. The Labute approximate surface area is 112 Å². The van der Waals surface area contributed by atoms with E-state index in [1.807, 2.05) is 13.0 Å². The van der Waals surface area contributed by atoms with Crippen molar-refractivity contribution >= 4 is 21.7 Å². The number of hydrogen-bond acceptors (Lipinski definition) is 2. The molecular weight excluding hydrogens is 302 g/mol. The van der Waals surface area contributed by atoms with Gasteiger partial charge in [0.2, 0.25) is 0 Å². The zero-order chi connectivity index (χ0) is 13.1. The van der Waals surface area contributed by atoms with Crippen molar-refractivity contribution in [1.82, 2.24) is 4.98 Å². The summed E-state index contributed by atoms with van der Waals surface area (Å²) in [6.45, 7) is 1.98. The molecule has 0 aliphatic carbocycles. The van der Waals surface area contributed by atoms with Gasteiger partial charge in [0.05, 0.1) is 0 Å². The topological polar surface area (TPSA) is 24.9 Å². The van der Waals surface area contributed by atoms with Crippen LogP contribution in [0, 0.1) is 18.6 Å². The molecule has 94 valence electrons. The Kier molecular flexibility index (Phi) is 3.91. The molecule has 0 aliphatic heterocycles.